The lowest BCUT2D eigenvalue weighted by molar-refractivity contribution is -0.159. The summed E-state index contributed by atoms with van der Waals surface area (Å²) in [4.78, 5) is 22.8. The number of hydrogen-bond acceptors (Lipinski definition) is 4. The number of fused-ring (bicyclic) bond motifs is 2. The van der Waals surface area contributed by atoms with E-state index in [1.807, 2.05) is 6.92 Å². The molecule has 0 saturated heterocycles. The van der Waals surface area contributed by atoms with E-state index in [0.29, 0.717) is 5.92 Å². The van der Waals surface area contributed by atoms with Gasteiger partial charge in [0, 0.05) is 12.8 Å². The van der Waals surface area contributed by atoms with Gasteiger partial charge in [0.25, 0.3) is 0 Å². The largest absolute Gasteiger partial charge is 0.462 e. The van der Waals surface area contributed by atoms with Crippen molar-refractivity contribution >= 4 is 34.5 Å². The van der Waals surface area contributed by atoms with E-state index < -0.39 is 0 Å². The Kier molecular flexibility index (Phi) is 4.50. The molecule has 2 aliphatic carbocycles. The van der Waals surface area contributed by atoms with Gasteiger partial charge in [0.15, 0.2) is 0 Å². The van der Waals surface area contributed by atoms with Crippen LogP contribution in [0.5, 0.6) is 0 Å². The summed E-state index contributed by atoms with van der Waals surface area (Å²) in [6, 6.07) is 0. The van der Waals surface area contributed by atoms with Crippen LogP contribution in [0.3, 0.4) is 0 Å². The fraction of sp³-hybridized carbons (Fsp3) is 0.846. The van der Waals surface area contributed by atoms with E-state index in [-0.39, 0.29) is 34.0 Å². The van der Waals surface area contributed by atoms with Gasteiger partial charge in [0.05, 0.1) is 0 Å². The Morgan fingerprint density at radius 3 is 2.33 bits per heavy atom. The molecule has 4 nitrogen and oxygen atoms in total. The third-order valence-corrected chi connectivity index (χ3v) is 5.28. The number of carbonyl (C=O) groups excluding carboxylic acids is 2. The molecule has 2 bridgehead atoms. The summed E-state index contributed by atoms with van der Waals surface area (Å²) in [5.41, 5.74) is 0. The minimum atomic E-state index is -0.238. The van der Waals surface area contributed by atoms with Gasteiger partial charge in [-0.1, -0.05) is 29.5 Å². The van der Waals surface area contributed by atoms with Crippen LogP contribution in [0.1, 0.15) is 39.5 Å². The highest BCUT2D eigenvalue weighted by atomic mass is 127. The van der Waals surface area contributed by atoms with Crippen molar-refractivity contribution in [1.82, 2.24) is 0 Å². The fourth-order valence-electron chi connectivity index (χ4n) is 3.10. The number of halogens is 1. The number of carbonyl (C=O) groups is 2. The quantitative estimate of drug-likeness (QED) is 0.436. The molecule has 0 aromatic heterocycles. The third-order valence-electron chi connectivity index (χ3n) is 3.89. The van der Waals surface area contributed by atoms with E-state index >= 15 is 0 Å². The van der Waals surface area contributed by atoms with Gasteiger partial charge >= 0.3 is 11.9 Å². The smallest absolute Gasteiger partial charge is 0.319 e. The number of rotatable bonds is 4. The standard InChI is InChI=1S/C13H19IO4/c1-3-10(14)13(16)18-12-6-8-4-9(12)11(5-8)17-7(2)15/h8-12H,3-6H2,1-2H3. The van der Waals surface area contributed by atoms with E-state index in [9.17, 15) is 9.59 Å². The molecule has 0 amide bonds. The van der Waals surface area contributed by atoms with Gasteiger partial charge in [-0.2, -0.15) is 0 Å². The molecule has 0 aromatic rings. The van der Waals surface area contributed by atoms with Crippen LogP contribution in [0.15, 0.2) is 0 Å². The molecule has 0 aromatic carbocycles. The maximum Gasteiger partial charge on any atom is 0.319 e. The van der Waals surface area contributed by atoms with Crippen LogP contribution >= 0.6 is 22.6 Å². The molecule has 2 aliphatic rings. The highest BCUT2D eigenvalue weighted by Crippen LogP contribution is 2.47. The lowest BCUT2D eigenvalue weighted by atomic mass is 9.94. The molecular weight excluding hydrogens is 347 g/mol. The Morgan fingerprint density at radius 1 is 1.22 bits per heavy atom. The zero-order valence-corrected chi connectivity index (χ0v) is 12.9. The van der Waals surface area contributed by atoms with Crippen molar-refractivity contribution in [2.24, 2.45) is 11.8 Å². The van der Waals surface area contributed by atoms with Gasteiger partial charge in [-0.3, -0.25) is 9.59 Å². The zero-order chi connectivity index (χ0) is 13.3. The van der Waals surface area contributed by atoms with Crippen molar-refractivity contribution in [3.63, 3.8) is 0 Å². The van der Waals surface area contributed by atoms with Crippen molar-refractivity contribution < 1.29 is 19.1 Å². The predicted octanol–water partition coefficient (Wildman–Crippen LogP) is 2.47. The molecule has 2 rings (SSSR count). The highest BCUT2D eigenvalue weighted by molar-refractivity contribution is 14.1. The summed E-state index contributed by atoms with van der Waals surface area (Å²) in [5, 5.41) is 0. The number of alkyl halides is 1. The van der Waals surface area contributed by atoms with Crippen molar-refractivity contribution in [2.75, 3.05) is 0 Å². The van der Waals surface area contributed by atoms with Crippen LogP contribution in [-0.2, 0) is 19.1 Å². The first-order chi connectivity index (χ1) is 8.51. The van der Waals surface area contributed by atoms with Crippen LogP contribution in [0.2, 0.25) is 0 Å². The molecule has 0 spiro atoms. The second-order valence-corrected chi connectivity index (χ2v) is 6.74. The Labute approximate surface area is 121 Å². The lowest BCUT2D eigenvalue weighted by Crippen LogP contribution is -2.36. The molecule has 5 unspecified atom stereocenters. The maximum atomic E-state index is 11.8. The van der Waals surface area contributed by atoms with E-state index in [1.165, 1.54) is 6.92 Å². The molecular formula is C13H19IO4. The maximum absolute atomic E-state index is 11.8. The molecule has 0 aliphatic heterocycles. The van der Waals surface area contributed by atoms with E-state index in [4.69, 9.17) is 9.47 Å². The Bertz CT molecular complexity index is 344. The summed E-state index contributed by atoms with van der Waals surface area (Å²) in [6.07, 6.45) is 3.57. The number of ether oxygens (including phenoxy) is 2. The molecule has 5 atom stereocenters. The van der Waals surface area contributed by atoms with E-state index in [2.05, 4.69) is 22.6 Å². The summed E-state index contributed by atoms with van der Waals surface area (Å²) >= 11 is 2.11. The van der Waals surface area contributed by atoms with Crippen molar-refractivity contribution in [2.45, 2.75) is 55.7 Å². The van der Waals surface area contributed by atoms with Crippen LogP contribution in [0.25, 0.3) is 0 Å². The topological polar surface area (TPSA) is 52.6 Å². The number of hydrogen-bond donors (Lipinski definition) is 0. The summed E-state index contributed by atoms with van der Waals surface area (Å²) < 4.78 is 10.8. The molecule has 2 fully saturated rings. The predicted molar refractivity (Wildman–Crippen MR) is 74.4 cm³/mol. The average molecular weight is 366 g/mol. The van der Waals surface area contributed by atoms with Gasteiger partial charge in [0.2, 0.25) is 0 Å². The van der Waals surface area contributed by atoms with Crippen LogP contribution in [0, 0.1) is 11.8 Å². The monoisotopic (exact) mass is 366 g/mol. The summed E-state index contributed by atoms with van der Waals surface area (Å²) in [7, 11) is 0. The second-order valence-electron chi connectivity index (χ2n) is 5.24. The summed E-state index contributed by atoms with van der Waals surface area (Å²) in [5.74, 6) is 0.393. The SMILES string of the molecule is CCC(I)C(=O)OC1CC2CC(OC(C)=O)C1C2. The lowest BCUT2D eigenvalue weighted by Gasteiger charge is -2.29. The number of esters is 2. The third kappa shape index (κ3) is 2.97. The minimum Gasteiger partial charge on any atom is -0.462 e. The normalized spacial score (nSPS) is 35.3. The van der Waals surface area contributed by atoms with Crippen molar-refractivity contribution in [3.8, 4) is 0 Å². The van der Waals surface area contributed by atoms with E-state index in [0.717, 1.165) is 25.7 Å². The average Bonchev–Trinajstić information content (AvgIpc) is 2.86. The Hall–Kier alpha value is -0.330. The van der Waals surface area contributed by atoms with Gasteiger partial charge in [-0.15, -0.1) is 0 Å². The minimum absolute atomic E-state index is 0.0478. The first-order valence-corrected chi connectivity index (χ1v) is 7.77. The second kappa shape index (κ2) is 5.75. The van der Waals surface area contributed by atoms with Gasteiger partial charge < -0.3 is 9.47 Å². The zero-order valence-electron chi connectivity index (χ0n) is 10.7. The van der Waals surface area contributed by atoms with Crippen LogP contribution < -0.4 is 0 Å². The fourth-order valence-corrected chi connectivity index (χ4v) is 3.24. The van der Waals surface area contributed by atoms with Crippen molar-refractivity contribution in [3.05, 3.63) is 0 Å². The van der Waals surface area contributed by atoms with E-state index in [1.54, 1.807) is 0 Å². The summed E-state index contributed by atoms with van der Waals surface area (Å²) in [6.45, 7) is 3.41. The first-order valence-electron chi connectivity index (χ1n) is 6.53. The van der Waals surface area contributed by atoms with Gasteiger partial charge in [0.1, 0.15) is 16.1 Å². The first kappa shape index (κ1) is 14.1. The molecule has 0 N–H and O–H groups in total. The molecule has 0 radical (unpaired) electrons. The van der Waals surface area contributed by atoms with Crippen LogP contribution in [-0.4, -0.2) is 28.1 Å². The van der Waals surface area contributed by atoms with Gasteiger partial charge in [-0.05, 0) is 31.6 Å². The molecule has 102 valence electrons. The molecule has 5 heteroatoms. The highest BCUT2D eigenvalue weighted by Gasteiger charge is 2.49. The van der Waals surface area contributed by atoms with Gasteiger partial charge in [-0.25, -0.2) is 0 Å². The van der Waals surface area contributed by atoms with Crippen LogP contribution in [0.4, 0.5) is 0 Å². The molecule has 2 saturated carbocycles. The molecule has 18 heavy (non-hydrogen) atoms. The Morgan fingerprint density at radius 2 is 1.83 bits per heavy atom. The Balaban J connectivity index is 1.91. The van der Waals surface area contributed by atoms with Crippen molar-refractivity contribution in [1.29, 1.82) is 0 Å². The molecule has 0 heterocycles.